The average molecular weight is 294 g/mol. The number of carbonyl (C=O) groups is 1. The first kappa shape index (κ1) is 13.7. The van der Waals surface area contributed by atoms with E-state index in [-0.39, 0.29) is 5.78 Å². The molecule has 0 heterocycles. The molecule has 3 rings (SSSR count). The van der Waals surface area contributed by atoms with Crippen LogP contribution in [0.4, 0.5) is 0 Å². The van der Waals surface area contributed by atoms with Gasteiger partial charge in [0.25, 0.3) is 0 Å². The highest BCUT2D eigenvalue weighted by Crippen LogP contribution is 2.29. The molecule has 0 saturated heterocycles. The van der Waals surface area contributed by atoms with Crippen LogP contribution in [-0.4, -0.2) is 12.0 Å². The SMILES string of the molecule is CSc1ccc(C2=C(Oc3ccccc3)C(=O)C=C2)cc1. The Bertz CT molecular complexity index is 713. The molecule has 1 aliphatic carbocycles. The summed E-state index contributed by atoms with van der Waals surface area (Å²) in [6.45, 7) is 0. The Morgan fingerprint density at radius 1 is 0.905 bits per heavy atom. The van der Waals surface area contributed by atoms with Crippen molar-refractivity contribution in [3.8, 4) is 5.75 Å². The molecule has 2 aromatic rings. The Labute approximate surface area is 128 Å². The first-order valence-corrected chi connectivity index (χ1v) is 7.84. The highest BCUT2D eigenvalue weighted by atomic mass is 32.2. The minimum absolute atomic E-state index is 0.0946. The third kappa shape index (κ3) is 2.93. The van der Waals surface area contributed by atoms with Gasteiger partial charge in [0.15, 0.2) is 5.76 Å². The number of carbonyl (C=O) groups excluding carboxylic acids is 1. The van der Waals surface area contributed by atoms with Gasteiger partial charge in [0.1, 0.15) is 5.75 Å². The molecule has 0 saturated carbocycles. The zero-order chi connectivity index (χ0) is 14.7. The molecule has 0 aliphatic heterocycles. The largest absolute Gasteiger partial charge is 0.453 e. The van der Waals surface area contributed by atoms with Gasteiger partial charge in [-0.15, -0.1) is 11.8 Å². The van der Waals surface area contributed by atoms with Gasteiger partial charge < -0.3 is 4.74 Å². The van der Waals surface area contributed by atoms with Gasteiger partial charge in [0.05, 0.1) is 0 Å². The molecule has 0 unspecified atom stereocenters. The zero-order valence-corrected chi connectivity index (χ0v) is 12.4. The van der Waals surface area contributed by atoms with Crippen LogP contribution >= 0.6 is 11.8 Å². The molecular formula is C18H14O2S. The van der Waals surface area contributed by atoms with Gasteiger partial charge in [0.2, 0.25) is 5.78 Å². The second kappa shape index (κ2) is 6.02. The predicted octanol–water partition coefficient (Wildman–Crippen LogP) is 4.34. The molecule has 104 valence electrons. The van der Waals surface area contributed by atoms with E-state index in [9.17, 15) is 4.79 Å². The van der Waals surface area contributed by atoms with Gasteiger partial charge in [-0.05, 0) is 48.2 Å². The minimum atomic E-state index is -0.0946. The molecule has 0 N–H and O–H groups in total. The Balaban J connectivity index is 1.96. The van der Waals surface area contributed by atoms with Crippen LogP contribution in [0.5, 0.6) is 5.75 Å². The van der Waals surface area contributed by atoms with E-state index in [2.05, 4.69) is 0 Å². The lowest BCUT2D eigenvalue weighted by Gasteiger charge is -2.09. The molecule has 0 bridgehead atoms. The first-order valence-electron chi connectivity index (χ1n) is 6.62. The monoisotopic (exact) mass is 294 g/mol. The summed E-state index contributed by atoms with van der Waals surface area (Å²) in [6, 6.07) is 17.5. The van der Waals surface area contributed by atoms with E-state index in [1.165, 1.54) is 4.90 Å². The Kier molecular flexibility index (Phi) is 3.93. The standard InChI is InChI=1S/C18H14O2S/c1-21-15-9-7-13(8-10-15)16-11-12-17(19)18(16)20-14-5-3-2-4-6-14/h2-12H,1H3. The summed E-state index contributed by atoms with van der Waals surface area (Å²) in [6.07, 6.45) is 5.40. The van der Waals surface area contributed by atoms with Crippen molar-refractivity contribution >= 4 is 23.1 Å². The number of hydrogen-bond donors (Lipinski definition) is 0. The van der Waals surface area contributed by atoms with Gasteiger partial charge in [-0.25, -0.2) is 0 Å². The van der Waals surface area contributed by atoms with E-state index in [0.717, 1.165) is 11.1 Å². The molecule has 0 atom stereocenters. The second-order valence-electron chi connectivity index (χ2n) is 4.58. The lowest BCUT2D eigenvalue weighted by Crippen LogP contribution is -2.04. The lowest BCUT2D eigenvalue weighted by atomic mass is 10.1. The highest BCUT2D eigenvalue weighted by Gasteiger charge is 2.21. The van der Waals surface area contributed by atoms with E-state index in [1.807, 2.05) is 66.9 Å². The van der Waals surface area contributed by atoms with Crippen molar-refractivity contribution in [1.82, 2.24) is 0 Å². The number of allylic oxidation sites excluding steroid dienone is 3. The second-order valence-corrected chi connectivity index (χ2v) is 5.46. The molecule has 0 radical (unpaired) electrons. The van der Waals surface area contributed by atoms with Crippen LogP contribution in [0.15, 0.2) is 77.4 Å². The fourth-order valence-corrected chi connectivity index (χ4v) is 2.56. The molecule has 0 spiro atoms. The average Bonchev–Trinajstić information content (AvgIpc) is 2.90. The van der Waals surface area contributed by atoms with Crippen LogP contribution < -0.4 is 4.74 Å². The number of hydrogen-bond acceptors (Lipinski definition) is 3. The lowest BCUT2D eigenvalue weighted by molar-refractivity contribution is -0.112. The van der Waals surface area contributed by atoms with E-state index < -0.39 is 0 Å². The molecule has 0 aromatic heterocycles. The summed E-state index contributed by atoms with van der Waals surface area (Å²) >= 11 is 1.69. The Morgan fingerprint density at radius 3 is 2.29 bits per heavy atom. The first-order chi connectivity index (χ1) is 10.3. The number of ether oxygens (including phenoxy) is 1. The molecule has 3 heteroatoms. The molecule has 21 heavy (non-hydrogen) atoms. The molecule has 0 fully saturated rings. The summed E-state index contributed by atoms with van der Waals surface area (Å²) in [5, 5.41) is 0. The van der Waals surface area contributed by atoms with Crippen molar-refractivity contribution in [3.63, 3.8) is 0 Å². The van der Waals surface area contributed by atoms with Crippen molar-refractivity contribution in [2.75, 3.05) is 6.26 Å². The van der Waals surface area contributed by atoms with Crippen LogP contribution in [0.25, 0.3) is 5.57 Å². The van der Waals surface area contributed by atoms with Crippen molar-refractivity contribution in [1.29, 1.82) is 0 Å². The fraction of sp³-hybridized carbons (Fsp3) is 0.0556. The van der Waals surface area contributed by atoms with E-state index in [1.54, 1.807) is 17.8 Å². The van der Waals surface area contributed by atoms with E-state index in [4.69, 9.17) is 4.74 Å². The summed E-state index contributed by atoms with van der Waals surface area (Å²) in [5.41, 5.74) is 1.82. The zero-order valence-electron chi connectivity index (χ0n) is 11.6. The Morgan fingerprint density at radius 2 is 1.62 bits per heavy atom. The van der Waals surface area contributed by atoms with Gasteiger partial charge in [0, 0.05) is 10.5 Å². The molecule has 1 aliphatic rings. The normalized spacial score (nSPS) is 13.9. The van der Waals surface area contributed by atoms with Gasteiger partial charge in [-0.2, -0.15) is 0 Å². The van der Waals surface area contributed by atoms with Crippen LogP contribution in [0.2, 0.25) is 0 Å². The number of benzene rings is 2. The summed E-state index contributed by atoms with van der Waals surface area (Å²) in [4.78, 5) is 13.2. The maximum absolute atomic E-state index is 12.0. The number of rotatable bonds is 4. The van der Waals surface area contributed by atoms with Gasteiger partial charge >= 0.3 is 0 Å². The van der Waals surface area contributed by atoms with Crippen LogP contribution in [0.1, 0.15) is 5.56 Å². The number of para-hydroxylation sites is 1. The fourth-order valence-electron chi connectivity index (χ4n) is 2.15. The summed E-state index contributed by atoms with van der Waals surface area (Å²) < 4.78 is 5.77. The van der Waals surface area contributed by atoms with E-state index in [0.29, 0.717) is 11.5 Å². The third-order valence-corrected chi connectivity index (χ3v) is 3.98. The topological polar surface area (TPSA) is 26.3 Å². The minimum Gasteiger partial charge on any atom is -0.453 e. The van der Waals surface area contributed by atoms with E-state index >= 15 is 0 Å². The van der Waals surface area contributed by atoms with Crippen LogP contribution in [0.3, 0.4) is 0 Å². The van der Waals surface area contributed by atoms with Crippen molar-refractivity contribution < 1.29 is 9.53 Å². The molecule has 2 nitrogen and oxygen atoms in total. The summed E-state index contributed by atoms with van der Waals surface area (Å²) in [7, 11) is 0. The Hall–Kier alpha value is -2.26. The summed E-state index contributed by atoms with van der Waals surface area (Å²) in [5.74, 6) is 0.962. The number of thioether (sulfide) groups is 1. The third-order valence-electron chi connectivity index (χ3n) is 3.23. The predicted molar refractivity (Wildman–Crippen MR) is 86.4 cm³/mol. The highest BCUT2D eigenvalue weighted by molar-refractivity contribution is 7.98. The maximum atomic E-state index is 12.0. The van der Waals surface area contributed by atoms with Crippen LogP contribution in [0, 0.1) is 0 Å². The molecule has 0 amide bonds. The quantitative estimate of drug-likeness (QED) is 0.785. The van der Waals surface area contributed by atoms with Crippen molar-refractivity contribution in [2.45, 2.75) is 4.90 Å². The van der Waals surface area contributed by atoms with Gasteiger partial charge in [-0.3, -0.25) is 4.79 Å². The smallest absolute Gasteiger partial charge is 0.221 e. The number of ketones is 1. The maximum Gasteiger partial charge on any atom is 0.221 e. The van der Waals surface area contributed by atoms with Crippen LogP contribution in [-0.2, 0) is 4.79 Å². The molecular weight excluding hydrogens is 280 g/mol. The van der Waals surface area contributed by atoms with Gasteiger partial charge in [-0.1, -0.05) is 30.3 Å². The molecule has 2 aromatic carbocycles. The van der Waals surface area contributed by atoms with Crippen molar-refractivity contribution in [2.24, 2.45) is 0 Å². The van der Waals surface area contributed by atoms with Crippen molar-refractivity contribution in [3.05, 3.63) is 78.1 Å².